The summed E-state index contributed by atoms with van der Waals surface area (Å²) in [6.45, 7) is 9.89. The molecule has 1 aliphatic heterocycles. The predicted octanol–water partition coefficient (Wildman–Crippen LogP) is 2.75. The van der Waals surface area contributed by atoms with Gasteiger partial charge in [-0.15, -0.1) is 13.2 Å². The zero-order chi connectivity index (χ0) is 20.6. The highest BCUT2D eigenvalue weighted by atomic mass is 19.4. The minimum absolute atomic E-state index is 0.0733. The fraction of sp³-hybridized carbons (Fsp3) is 0.632. The molecule has 0 amide bonds. The molecule has 1 aromatic carbocycles. The molecule has 6 nitrogen and oxygen atoms in total. The van der Waals surface area contributed by atoms with Crippen molar-refractivity contribution in [3.8, 4) is 5.75 Å². The molecule has 9 heteroatoms. The summed E-state index contributed by atoms with van der Waals surface area (Å²) in [5.41, 5.74) is 0.367. The number of halogens is 3. The molecule has 0 spiro atoms. The van der Waals surface area contributed by atoms with Crippen molar-refractivity contribution in [3.63, 3.8) is 0 Å². The molecule has 28 heavy (non-hydrogen) atoms. The molecule has 158 valence electrons. The minimum Gasteiger partial charge on any atom is -0.405 e. The number of hydrogen-bond donors (Lipinski definition) is 2. The number of nitrogens with one attached hydrogen (secondary N) is 2. The van der Waals surface area contributed by atoms with Crippen molar-refractivity contribution in [2.45, 2.75) is 45.8 Å². The summed E-state index contributed by atoms with van der Waals surface area (Å²) in [4.78, 5) is 6.78. The predicted molar refractivity (Wildman–Crippen MR) is 102 cm³/mol. The number of para-hydroxylation sites is 1. The topological polar surface area (TPSA) is 58.1 Å². The van der Waals surface area contributed by atoms with E-state index in [4.69, 9.17) is 4.74 Å². The first-order valence-corrected chi connectivity index (χ1v) is 9.49. The molecule has 1 saturated heterocycles. The second-order valence-corrected chi connectivity index (χ2v) is 6.74. The number of nitrogens with zero attached hydrogens (tertiary/aromatic N) is 2. The van der Waals surface area contributed by atoms with E-state index < -0.39 is 6.36 Å². The average Bonchev–Trinajstić information content (AvgIpc) is 2.64. The molecule has 0 bridgehead atoms. The van der Waals surface area contributed by atoms with Crippen LogP contribution >= 0.6 is 0 Å². The standard InChI is InChI=1S/C19H29F3N4O2/c1-4-23-18(24-11-14(2)26-9-10-27-13-15(26)3)25-12-16-7-5-6-8-17(16)28-19(20,21)22/h5-8,14-15H,4,9-13H2,1-3H3,(H2,23,24,25). The Labute approximate surface area is 164 Å². The summed E-state index contributed by atoms with van der Waals surface area (Å²) in [5.74, 6) is 0.321. The van der Waals surface area contributed by atoms with Crippen LogP contribution in [0.3, 0.4) is 0 Å². The quantitative estimate of drug-likeness (QED) is 0.543. The molecule has 0 radical (unpaired) electrons. The smallest absolute Gasteiger partial charge is 0.405 e. The van der Waals surface area contributed by atoms with Gasteiger partial charge in [-0.25, -0.2) is 4.99 Å². The van der Waals surface area contributed by atoms with Crippen LogP contribution in [0.1, 0.15) is 26.3 Å². The van der Waals surface area contributed by atoms with Crippen LogP contribution in [-0.2, 0) is 11.3 Å². The largest absolute Gasteiger partial charge is 0.573 e. The van der Waals surface area contributed by atoms with Crippen LogP contribution < -0.4 is 15.4 Å². The zero-order valence-corrected chi connectivity index (χ0v) is 16.6. The SMILES string of the molecule is CCNC(=NCc1ccccc1OC(F)(F)F)NCC(C)N1CCOCC1C. The Morgan fingerprint density at radius 2 is 2.11 bits per heavy atom. The molecular formula is C19H29F3N4O2. The monoisotopic (exact) mass is 402 g/mol. The lowest BCUT2D eigenvalue weighted by Gasteiger charge is -2.38. The molecule has 2 rings (SSSR count). The van der Waals surface area contributed by atoms with Crippen LogP contribution in [0.5, 0.6) is 5.75 Å². The summed E-state index contributed by atoms with van der Waals surface area (Å²) < 4.78 is 47.2. The Hall–Kier alpha value is -2.00. The second kappa shape index (κ2) is 10.5. The van der Waals surface area contributed by atoms with Crippen molar-refractivity contribution in [2.75, 3.05) is 32.8 Å². The van der Waals surface area contributed by atoms with Crippen LogP contribution in [0.15, 0.2) is 29.3 Å². The summed E-state index contributed by atoms with van der Waals surface area (Å²) >= 11 is 0. The van der Waals surface area contributed by atoms with Crippen LogP contribution in [0.2, 0.25) is 0 Å². The van der Waals surface area contributed by atoms with Gasteiger partial charge in [0.15, 0.2) is 5.96 Å². The van der Waals surface area contributed by atoms with E-state index in [1.54, 1.807) is 12.1 Å². The Kier molecular flexibility index (Phi) is 8.37. The summed E-state index contributed by atoms with van der Waals surface area (Å²) in [7, 11) is 0. The van der Waals surface area contributed by atoms with Gasteiger partial charge in [0, 0.05) is 37.3 Å². The first-order valence-electron chi connectivity index (χ1n) is 9.49. The first kappa shape index (κ1) is 22.3. The fourth-order valence-corrected chi connectivity index (χ4v) is 3.12. The minimum atomic E-state index is -4.73. The second-order valence-electron chi connectivity index (χ2n) is 6.74. The molecule has 2 N–H and O–H groups in total. The van der Waals surface area contributed by atoms with Gasteiger partial charge in [0.1, 0.15) is 5.75 Å². The highest BCUT2D eigenvalue weighted by Crippen LogP contribution is 2.26. The maximum atomic E-state index is 12.6. The summed E-state index contributed by atoms with van der Waals surface area (Å²) in [6, 6.07) is 6.64. The Morgan fingerprint density at radius 1 is 1.36 bits per heavy atom. The van der Waals surface area contributed by atoms with Crippen molar-refractivity contribution in [1.82, 2.24) is 15.5 Å². The number of ether oxygens (including phenoxy) is 2. The third-order valence-electron chi connectivity index (χ3n) is 4.50. The van der Waals surface area contributed by atoms with Gasteiger partial charge in [0.2, 0.25) is 0 Å². The maximum Gasteiger partial charge on any atom is 0.573 e. The van der Waals surface area contributed by atoms with E-state index in [1.807, 2.05) is 6.92 Å². The lowest BCUT2D eigenvalue weighted by molar-refractivity contribution is -0.274. The molecule has 1 fully saturated rings. The molecule has 2 atom stereocenters. The van der Waals surface area contributed by atoms with Crippen molar-refractivity contribution in [3.05, 3.63) is 29.8 Å². The third kappa shape index (κ3) is 7.20. The fourth-order valence-electron chi connectivity index (χ4n) is 3.12. The van der Waals surface area contributed by atoms with Gasteiger partial charge in [-0.05, 0) is 26.8 Å². The number of rotatable bonds is 7. The zero-order valence-electron chi connectivity index (χ0n) is 16.6. The normalized spacial score (nSPS) is 19.9. The van der Waals surface area contributed by atoms with E-state index in [0.717, 1.165) is 13.2 Å². The van der Waals surface area contributed by atoms with Gasteiger partial charge in [-0.1, -0.05) is 18.2 Å². The Morgan fingerprint density at radius 3 is 2.79 bits per heavy atom. The van der Waals surface area contributed by atoms with E-state index in [9.17, 15) is 13.2 Å². The van der Waals surface area contributed by atoms with Gasteiger partial charge in [0.25, 0.3) is 0 Å². The highest BCUT2D eigenvalue weighted by Gasteiger charge is 2.32. The number of alkyl halides is 3. The number of benzene rings is 1. The van der Waals surface area contributed by atoms with Crippen molar-refractivity contribution in [1.29, 1.82) is 0 Å². The molecule has 0 saturated carbocycles. The number of aliphatic imine (C=N–C) groups is 1. The van der Waals surface area contributed by atoms with E-state index in [0.29, 0.717) is 37.3 Å². The lowest BCUT2D eigenvalue weighted by atomic mass is 10.2. The molecule has 2 unspecified atom stereocenters. The van der Waals surface area contributed by atoms with Crippen molar-refractivity contribution >= 4 is 5.96 Å². The average molecular weight is 402 g/mol. The van der Waals surface area contributed by atoms with E-state index in [1.165, 1.54) is 12.1 Å². The van der Waals surface area contributed by atoms with E-state index >= 15 is 0 Å². The Balaban J connectivity index is 1.99. The number of guanidine groups is 1. The van der Waals surface area contributed by atoms with Crippen LogP contribution in [0.25, 0.3) is 0 Å². The molecule has 1 heterocycles. The van der Waals surface area contributed by atoms with E-state index in [2.05, 4.69) is 39.1 Å². The van der Waals surface area contributed by atoms with Crippen molar-refractivity contribution in [2.24, 2.45) is 4.99 Å². The molecule has 0 aliphatic carbocycles. The van der Waals surface area contributed by atoms with Gasteiger partial charge < -0.3 is 20.1 Å². The third-order valence-corrected chi connectivity index (χ3v) is 4.50. The van der Waals surface area contributed by atoms with Gasteiger partial charge in [-0.2, -0.15) is 0 Å². The van der Waals surface area contributed by atoms with Gasteiger partial charge in [0.05, 0.1) is 19.8 Å². The number of hydrogen-bond acceptors (Lipinski definition) is 4. The van der Waals surface area contributed by atoms with Crippen LogP contribution in [0.4, 0.5) is 13.2 Å². The summed E-state index contributed by atoms with van der Waals surface area (Å²) in [5, 5.41) is 6.39. The van der Waals surface area contributed by atoms with Crippen LogP contribution in [0, 0.1) is 0 Å². The van der Waals surface area contributed by atoms with Gasteiger partial charge >= 0.3 is 6.36 Å². The number of morpholine rings is 1. The van der Waals surface area contributed by atoms with Gasteiger partial charge in [-0.3, -0.25) is 4.90 Å². The van der Waals surface area contributed by atoms with Crippen LogP contribution in [-0.4, -0.2) is 62.2 Å². The molecule has 0 aromatic heterocycles. The maximum absolute atomic E-state index is 12.6. The molecule has 1 aliphatic rings. The van der Waals surface area contributed by atoms with Crippen molar-refractivity contribution < 1.29 is 22.6 Å². The lowest BCUT2D eigenvalue weighted by Crippen LogP contribution is -2.53. The molecular weight excluding hydrogens is 373 g/mol. The molecule has 1 aromatic rings. The van der Waals surface area contributed by atoms with E-state index in [-0.39, 0.29) is 18.3 Å². The highest BCUT2D eigenvalue weighted by molar-refractivity contribution is 5.79. The summed E-state index contributed by atoms with van der Waals surface area (Å²) in [6.07, 6.45) is -4.73. The first-order chi connectivity index (χ1) is 13.3. The Bertz CT molecular complexity index is 640.